The number of hydrogen-bond acceptors (Lipinski definition) is 10. The average Bonchev–Trinajstić information content (AvgIpc) is 3.57. The van der Waals surface area contributed by atoms with Gasteiger partial charge in [0.05, 0.1) is 16.5 Å². The predicted octanol–water partition coefficient (Wildman–Crippen LogP) is 6.61. The van der Waals surface area contributed by atoms with Crippen molar-refractivity contribution in [3.63, 3.8) is 0 Å². The molecular weight excluding hydrogens is 713 g/mol. The van der Waals surface area contributed by atoms with Gasteiger partial charge in [-0.3, -0.25) is 24.7 Å². The lowest BCUT2D eigenvalue weighted by Gasteiger charge is -2.38. The number of rotatable bonds is 14. The maximum absolute atomic E-state index is 15.0. The molecule has 2 aliphatic rings. The molecule has 294 valence electrons. The molecule has 1 amide bonds. The molecule has 2 aromatic rings. The summed E-state index contributed by atoms with van der Waals surface area (Å²) in [5.74, 6) is -2.23. The summed E-state index contributed by atoms with van der Waals surface area (Å²) >= 11 is 0. The van der Waals surface area contributed by atoms with Crippen LogP contribution >= 0.6 is 0 Å². The molecule has 0 bridgehead atoms. The molecule has 54 heavy (non-hydrogen) atoms. The van der Waals surface area contributed by atoms with Gasteiger partial charge in [0, 0.05) is 37.7 Å². The van der Waals surface area contributed by atoms with Gasteiger partial charge in [-0.2, -0.15) is 4.31 Å². The van der Waals surface area contributed by atoms with Crippen molar-refractivity contribution in [1.82, 2.24) is 9.21 Å². The smallest absolute Gasteiger partial charge is 0.329 e. The number of sulfonamides is 1. The second-order valence-electron chi connectivity index (χ2n) is 16.2. The van der Waals surface area contributed by atoms with Crippen molar-refractivity contribution < 1.29 is 37.6 Å². The Morgan fingerprint density at radius 2 is 1.74 bits per heavy atom. The minimum absolute atomic E-state index is 0.0762. The summed E-state index contributed by atoms with van der Waals surface area (Å²) in [7, 11) is -4.83. The molecule has 0 unspecified atom stereocenters. The van der Waals surface area contributed by atoms with Crippen molar-refractivity contribution in [2.75, 3.05) is 13.1 Å². The van der Waals surface area contributed by atoms with E-state index < -0.39 is 79.0 Å². The summed E-state index contributed by atoms with van der Waals surface area (Å²) < 4.78 is 36.7. The van der Waals surface area contributed by atoms with E-state index in [1.807, 2.05) is 51.1 Å². The van der Waals surface area contributed by atoms with Gasteiger partial charge in [0.2, 0.25) is 5.91 Å². The fraction of sp³-hybridized carbons (Fsp3) is 0.550. The summed E-state index contributed by atoms with van der Waals surface area (Å²) in [6.07, 6.45) is 1.76. The minimum Gasteiger partial charge on any atom is -0.511 e. The maximum atomic E-state index is 15.0. The summed E-state index contributed by atoms with van der Waals surface area (Å²) in [5.41, 5.74) is -0.866. The molecule has 0 spiro atoms. The first-order valence-electron chi connectivity index (χ1n) is 18.5. The Hall–Kier alpha value is -4.43. The zero-order valence-electron chi connectivity index (χ0n) is 32.6. The van der Waals surface area contributed by atoms with Crippen LogP contribution in [-0.2, 0) is 35.6 Å². The number of aliphatic imine (C=N–C) groups is 1. The van der Waals surface area contributed by atoms with Crippen LogP contribution in [0.4, 0.5) is 5.69 Å². The van der Waals surface area contributed by atoms with Crippen LogP contribution in [0.5, 0.6) is 0 Å². The van der Waals surface area contributed by atoms with Gasteiger partial charge in [0.15, 0.2) is 10.7 Å². The van der Waals surface area contributed by atoms with E-state index in [1.165, 1.54) is 17.0 Å². The summed E-state index contributed by atoms with van der Waals surface area (Å²) in [6, 6.07) is 10.9. The van der Waals surface area contributed by atoms with Gasteiger partial charge in [0.25, 0.3) is 15.7 Å². The van der Waals surface area contributed by atoms with E-state index in [2.05, 4.69) is 0 Å². The highest BCUT2D eigenvalue weighted by molar-refractivity contribution is 7.89. The standard InChI is InChI=1S/C40H54N4O9S/c1-9-26(2)36(37(47)42-21-15-19-31(42)38(48)53-39(4,5)6)43(54(51,52)34-20-14-13-18-30(34)44(49)50)25-29(22-28-16-11-10-12-17-28)41-27(3)35-32(45)23-40(7,8)24-33(35)46/h10-14,16-18,20,26,29,31,36,45H,9,15,19,21-25H2,1-8H3/t26-,29-,31+,36-/m0/s1. The Morgan fingerprint density at radius 1 is 1.11 bits per heavy atom. The predicted molar refractivity (Wildman–Crippen MR) is 206 cm³/mol. The van der Waals surface area contributed by atoms with Crippen LogP contribution in [0.3, 0.4) is 0 Å². The van der Waals surface area contributed by atoms with Crippen LogP contribution in [0.15, 0.2) is 75.8 Å². The molecule has 1 heterocycles. The molecule has 1 saturated heterocycles. The Labute approximate surface area is 318 Å². The zero-order valence-corrected chi connectivity index (χ0v) is 33.4. The lowest BCUT2D eigenvalue weighted by molar-refractivity contribution is -0.387. The monoisotopic (exact) mass is 766 g/mol. The number of aliphatic hydroxyl groups excluding tert-OH is 1. The molecule has 1 aliphatic heterocycles. The van der Waals surface area contributed by atoms with Gasteiger partial charge in [0.1, 0.15) is 23.4 Å². The number of likely N-dealkylation sites (tertiary alicyclic amines) is 1. The minimum atomic E-state index is -4.83. The van der Waals surface area contributed by atoms with Crippen LogP contribution in [-0.4, -0.2) is 87.8 Å². The van der Waals surface area contributed by atoms with Crippen molar-refractivity contribution in [3.8, 4) is 0 Å². The first kappa shape index (κ1) is 42.3. The Balaban J connectivity index is 1.93. The number of nitro benzene ring substituents is 1. The topological polar surface area (TPSA) is 177 Å². The number of esters is 1. The van der Waals surface area contributed by atoms with Crippen molar-refractivity contribution in [2.45, 2.75) is 123 Å². The van der Waals surface area contributed by atoms with E-state index in [0.29, 0.717) is 19.3 Å². The SMILES string of the molecule is CC[C@H](C)[C@@H](C(=O)N1CCC[C@@H]1C(=O)OC(C)(C)C)N(C[C@H](Cc1ccccc1)N=C(C)C1=C(O)CC(C)(C)CC1=O)S(=O)(=O)c1ccccc1[N+](=O)[O-]. The molecule has 1 N–H and O–H groups in total. The highest BCUT2D eigenvalue weighted by Crippen LogP contribution is 2.37. The van der Waals surface area contributed by atoms with Gasteiger partial charge >= 0.3 is 5.97 Å². The number of para-hydroxylation sites is 1. The quantitative estimate of drug-likeness (QED) is 0.0960. The number of ketones is 1. The molecule has 4 rings (SSSR count). The number of aliphatic hydroxyl groups is 1. The van der Waals surface area contributed by atoms with Crippen LogP contribution in [0.2, 0.25) is 0 Å². The number of nitro groups is 1. The number of benzene rings is 2. The summed E-state index contributed by atoms with van der Waals surface area (Å²) in [5, 5.41) is 23.3. The van der Waals surface area contributed by atoms with E-state index in [4.69, 9.17) is 9.73 Å². The van der Waals surface area contributed by atoms with Gasteiger partial charge in [-0.1, -0.05) is 76.6 Å². The number of allylic oxidation sites excluding steroid dienone is 2. The number of carbonyl (C=O) groups excluding carboxylic acids is 3. The number of carbonyl (C=O) groups is 3. The van der Waals surface area contributed by atoms with Crippen molar-refractivity contribution in [2.24, 2.45) is 16.3 Å². The first-order chi connectivity index (χ1) is 25.2. The number of Topliss-reactive ketones (excluding diaryl/α,β-unsaturated/α-hetero) is 1. The fourth-order valence-electron chi connectivity index (χ4n) is 7.28. The maximum Gasteiger partial charge on any atom is 0.329 e. The Morgan fingerprint density at radius 3 is 2.33 bits per heavy atom. The molecule has 1 aliphatic carbocycles. The second-order valence-corrected chi connectivity index (χ2v) is 18.0. The number of nitrogens with zero attached hydrogens (tertiary/aromatic N) is 4. The molecule has 0 saturated carbocycles. The van der Waals surface area contributed by atoms with Crippen LogP contribution in [0.25, 0.3) is 0 Å². The summed E-state index contributed by atoms with van der Waals surface area (Å²) in [6.45, 7) is 13.8. The van der Waals surface area contributed by atoms with Crippen molar-refractivity contribution >= 4 is 39.1 Å². The molecule has 2 aromatic carbocycles. The summed E-state index contributed by atoms with van der Waals surface area (Å²) in [4.78, 5) is 58.8. The highest BCUT2D eigenvalue weighted by Gasteiger charge is 2.47. The molecule has 0 aromatic heterocycles. The molecule has 0 radical (unpaired) electrons. The molecule has 13 nitrogen and oxygen atoms in total. The first-order valence-corrected chi connectivity index (χ1v) is 19.9. The Kier molecular flexibility index (Phi) is 13.3. The van der Waals surface area contributed by atoms with Crippen molar-refractivity contribution in [3.05, 3.63) is 81.6 Å². The van der Waals surface area contributed by atoms with E-state index in [1.54, 1.807) is 34.6 Å². The van der Waals surface area contributed by atoms with Crippen LogP contribution < -0.4 is 0 Å². The van der Waals surface area contributed by atoms with Gasteiger partial charge < -0.3 is 14.7 Å². The molecule has 14 heteroatoms. The molecule has 4 atom stereocenters. The lowest BCUT2D eigenvalue weighted by Crippen LogP contribution is -2.57. The van der Waals surface area contributed by atoms with E-state index in [-0.39, 0.29) is 48.6 Å². The van der Waals surface area contributed by atoms with Crippen molar-refractivity contribution in [1.29, 1.82) is 0 Å². The normalized spacial score (nSPS) is 19.8. The molecule has 1 fully saturated rings. The van der Waals surface area contributed by atoms with Crippen LogP contribution in [0.1, 0.15) is 93.1 Å². The Bertz CT molecular complexity index is 1900. The number of amides is 1. The largest absolute Gasteiger partial charge is 0.511 e. The highest BCUT2D eigenvalue weighted by atomic mass is 32.2. The third-order valence-corrected chi connectivity index (χ3v) is 11.8. The third-order valence-electron chi connectivity index (χ3n) is 9.90. The van der Waals surface area contributed by atoms with Gasteiger partial charge in [-0.05, 0) is 69.9 Å². The average molecular weight is 767 g/mol. The van der Waals surface area contributed by atoms with E-state index in [0.717, 1.165) is 22.0 Å². The van der Waals surface area contributed by atoms with E-state index in [9.17, 15) is 29.6 Å². The van der Waals surface area contributed by atoms with Gasteiger partial charge in [-0.15, -0.1) is 0 Å². The lowest BCUT2D eigenvalue weighted by atomic mass is 9.75. The third kappa shape index (κ3) is 10.0. The fourth-order valence-corrected chi connectivity index (χ4v) is 9.16. The molecular formula is C40H54N4O9S. The second kappa shape index (κ2) is 16.9. The van der Waals surface area contributed by atoms with Gasteiger partial charge in [-0.25, -0.2) is 13.2 Å². The van der Waals surface area contributed by atoms with E-state index >= 15 is 8.42 Å². The zero-order chi connectivity index (χ0) is 40.2. The van der Waals surface area contributed by atoms with Crippen LogP contribution in [0, 0.1) is 21.4 Å². The number of hydrogen-bond donors (Lipinski definition) is 1. The number of ether oxygens (including phenoxy) is 1.